The third kappa shape index (κ3) is 2.19. The van der Waals surface area contributed by atoms with Gasteiger partial charge in [0.1, 0.15) is 5.37 Å². The summed E-state index contributed by atoms with van der Waals surface area (Å²) in [6.45, 7) is 2.01. The summed E-state index contributed by atoms with van der Waals surface area (Å²) in [7, 11) is -1.55. The maximum absolute atomic E-state index is 12.9. The number of likely N-dealkylation sites (N-methyl/N-ethyl adjacent to an activating group) is 1. The van der Waals surface area contributed by atoms with Gasteiger partial charge in [0, 0.05) is 42.8 Å². The number of sulfone groups is 1. The molecule has 1 saturated heterocycles. The van der Waals surface area contributed by atoms with Gasteiger partial charge in [-0.25, -0.2) is 8.42 Å². The highest BCUT2D eigenvalue weighted by Gasteiger charge is 2.33. The Bertz CT molecular complexity index is 725. The standard InChI is InChI=1S/C14H17N3O2S/c1-17-8-7-16-10-14(17)20(18,19)13-4-2-3-11-9-15-6-5-12(11)13/h2-6,9,14,16H,7-8,10H2,1H3. The Morgan fingerprint density at radius 3 is 3.00 bits per heavy atom. The van der Waals surface area contributed by atoms with Crippen LogP contribution in [0.4, 0.5) is 0 Å². The molecule has 0 bridgehead atoms. The highest BCUT2D eigenvalue weighted by molar-refractivity contribution is 7.92. The lowest BCUT2D eigenvalue weighted by Gasteiger charge is -2.32. The van der Waals surface area contributed by atoms with Gasteiger partial charge in [-0.2, -0.15) is 0 Å². The average molecular weight is 291 g/mol. The van der Waals surface area contributed by atoms with Crippen LogP contribution in [-0.2, 0) is 9.84 Å². The summed E-state index contributed by atoms with van der Waals surface area (Å²) >= 11 is 0. The molecule has 20 heavy (non-hydrogen) atoms. The lowest BCUT2D eigenvalue weighted by Crippen LogP contribution is -2.52. The van der Waals surface area contributed by atoms with Gasteiger partial charge in [0.2, 0.25) is 0 Å². The second-order valence-corrected chi connectivity index (χ2v) is 7.11. The van der Waals surface area contributed by atoms with E-state index in [0.717, 1.165) is 23.9 Å². The van der Waals surface area contributed by atoms with Crippen LogP contribution in [0.3, 0.4) is 0 Å². The fourth-order valence-corrected chi connectivity index (χ4v) is 4.59. The van der Waals surface area contributed by atoms with E-state index < -0.39 is 15.2 Å². The summed E-state index contributed by atoms with van der Waals surface area (Å²) in [4.78, 5) is 6.33. The van der Waals surface area contributed by atoms with Crippen molar-refractivity contribution in [1.82, 2.24) is 15.2 Å². The molecule has 0 spiro atoms. The molecule has 5 nitrogen and oxygen atoms in total. The molecule has 2 heterocycles. The number of hydrogen-bond acceptors (Lipinski definition) is 5. The number of aromatic nitrogens is 1. The molecule has 1 fully saturated rings. The molecule has 6 heteroatoms. The molecule has 1 unspecified atom stereocenters. The van der Waals surface area contributed by atoms with Crippen LogP contribution in [0.2, 0.25) is 0 Å². The lowest BCUT2D eigenvalue weighted by atomic mass is 10.2. The van der Waals surface area contributed by atoms with Gasteiger partial charge in [-0.05, 0) is 19.2 Å². The molecule has 1 aromatic carbocycles. The van der Waals surface area contributed by atoms with E-state index in [4.69, 9.17) is 0 Å². The average Bonchev–Trinajstić information content (AvgIpc) is 2.47. The largest absolute Gasteiger partial charge is 0.313 e. The van der Waals surface area contributed by atoms with E-state index in [1.807, 2.05) is 18.0 Å². The molecule has 106 valence electrons. The van der Waals surface area contributed by atoms with Crippen molar-refractivity contribution in [1.29, 1.82) is 0 Å². The van der Waals surface area contributed by atoms with Gasteiger partial charge >= 0.3 is 0 Å². The van der Waals surface area contributed by atoms with Crippen LogP contribution in [0.25, 0.3) is 10.8 Å². The summed E-state index contributed by atoms with van der Waals surface area (Å²) in [5.74, 6) is 0. The third-order valence-corrected chi connectivity index (χ3v) is 5.97. The van der Waals surface area contributed by atoms with Crippen LogP contribution in [-0.4, -0.2) is 50.4 Å². The first-order valence-electron chi connectivity index (χ1n) is 6.58. The van der Waals surface area contributed by atoms with Crippen molar-refractivity contribution < 1.29 is 8.42 Å². The lowest BCUT2D eigenvalue weighted by molar-refractivity contribution is 0.255. The quantitative estimate of drug-likeness (QED) is 0.889. The Morgan fingerprint density at radius 1 is 1.35 bits per heavy atom. The molecule has 1 atom stereocenters. The summed E-state index contributed by atoms with van der Waals surface area (Å²) < 4.78 is 25.8. The summed E-state index contributed by atoms with van der Waals surface area (Å²) in [5.41, 5.74) is 0. The molecule has 0 radical (unpaired) electrons. The number of pyridine rings is 1. The molecule has 0 aliphatic carbocycles. The van der Waals surface area contributed by atoms with Crippen LogP contribution < -0.4 is 5.32 Å². The second kappa shape index (κ2) is 5.12. The van der Waals surface area contributed by atoms with E-state index in [2.05, 4.69) is 10.3 Å². The van der Waals surface area contributed by atoms with E-state index in [1.54, 1.807) is 30.6 Å². The number of hydrogen-bond donors (Lipinski definition) is 1. The van der Waals surface area contributed by atoms with E-state index in [1.165, 1.54) is 0 Å². The Kier molecular flexibility index (Phi) is 3.45. The smallest absolute Gasteiger partial charge is 0.196 e. The minimum Gasteiger partial charge on any atom is -0.313 e. The van der Waals surface area contributed by atoms with Crippen LogP contribution in [0.1, 0.15) is 0 Å². The summed E-state index contributed by atoms with van der Waals surface area (Å²) in [6, 6.07) is 7.09. The number of nitrogens with zero attached hydrogens (tertiary/aromatic N) is 2. The minimum absolute atomic E-state index is 0.387. The topological polar surface area (TPSA) is 62.3 Å². The normalized spacial score (nSPS) is 21.1. The van der Waals surface area contributed by atoms with Crippen molar-refractivity contribution in [2.45, 2.75) is 10.3 Å². The number of nitrogens with one attached hydrogen (secondary N) is 1. The zero-order valence-electron chi connectivity index (χ0n) is 11.3. The first-order valence-corrected chi connectivity index (χ1v) is 8.13. The number of benzene rings is 1. The van der Waals surface area contributed by atoms with Crippen LogP contribution >= 0.6 is 0 Å². The van der Waals surface area contributed by atoms with E-state index in [-0.39, 0.29) is 0 Å². The van der Waals surface area contributed by atoms with Gasteiger partial charge in [-0.3, -0.25) is 9.88 Å². The maximum Gasteiger partial charge on any atom is 0.196 e. The molecule has 3 rings (SSSR count). The molecule has 1 aliphatic heterocycles. The molecule has 0 amide bonds. The maximum atomic E-state index is 12.9. The summed E-state index contributed by atoms with van der Waals surface area (Å²) in [6.07, 6.45) is 3.32. The van der Waals surface area contributed by atoms with Gasteiger partial charge in [0.05, 0.1) is 4.90 Å². The van der Waals surface area contributed by atoms with Crippen molar-refractivity contribution in [2.24, 2.45) is 0 Å². The van der Waals surface area contributed by atoms with Crippen molar-refractivity contribution >= 4 is 20.6 Å². The fraction of sp³-hybridized carbons (Fsp3) is 0.357. The molecule has 1 aromatic heterocycles. The van der Waals surface area contributed by atoms with E-state index in [9.17, 15) is 8.42 Å². The van der Waals surface area contributed by atoms with Gasteiger partial charge in [0.25, 0.3) is 0 Å². The Balaban J connectivity index is 2.14. The van der Waals surface area contributed by atoms with E-state index >= 15 is 0 Å². The predicted octanol–water partition coefficient (Wildman–Crippen LogP) is 0.870. The zero-order valence-corrected chi connectivity index (χ0v) is 12.1. The van der Waals surface area contributed by atoms with Crippen LogP contribution in [0, 0.1) is 0 Å². The van der Waals surface area contributed by atoms with Crippen molar-refractivity contribution in [2.75, 3.05) is 26.7 Å². The SMILES string of the molecule is CN1CCNCC1S(=O)(=O)c1cccc2cnccc12. The van der Waals surface area contributed by atoms with Crippen LogP contribution in [0.15, 0.2) is 41.6 Å². The first kappa shape index (κ1) is 13.5. The molecule has 0 saturated carbocycles. The predicted molar refractivity (Wildman–Crippen MR) is 78.2 cm³/mol. The fourth-order valence-electron chi connectivity index (χ4n) is 2.61. The second-order valence-electron chi connectivity index (χ2n) is 5.04. The Labute approximate surface area is 118 Å². The van der Waals surface area contributed by atoms with E-state index in [0.29, 0.717) is 11.4 Å². The highest BCUT2D eigenvalue weighted by atomic mass is 32.2. The third-order valence-electron chi connectivity index (χ3n) is 3.76. The number of fused-ring (bicyclic) bond motifs is 1. The summed E-state index contributed by atoms with van der Waals surface area (Å²) in [5, 5.41) is 4.22. The molecule has 2 aromatic rings. The molecule has 1 aliphatic rings. The number of piperazine rings is 1. The highest BCUT2D eigenvalue weighted by Crippen LogP contribution is 2.26. The zero-order chi connectivity index (χ0) is 14.2. The monoisotopic (exact) mass is 291 g/mol. The molecule has 1 N–H and O–H groups in total. The van der Waals surface area contributed by atoms with Gasteiger partial charge in [-0.1, -0.05) is 12.1 Å². The van der Waals surface area contributed by atoms with Gasteiger partial charge < -0.3 is 5.32 Å². The Morgan fingerprint density at radius 2 is 2.20 bits per heavy atom. The first-order chi connectivity index (χ1) is 9.60. The minimum atomic E-state index is -3.40. The van der Waals surface area contributed by atoms with Gasteiger partial charge in [-0.15, -0.1) is 0 Å². The van der Waals surface area contributed by atoms with Crippen molar-refractivity contribution in [3.8, 4) is 0 Å². The molecular formula is C14H17N3O2S. The van der Waals surface area contributed by atoms with Gasteiger partial charge in [0.15, 0.2) is 9.84 Å². The van der Waals surface area contributed by atoms with Crippen molar-refractivity contribution in [3.63, 3.8) is 0 Å². The Hall–Kier alpha value is -1.50. The van der Waals surface area contributed by atoms with Crippen molar-refractivity contribution in [3.05, 3.63) is 36.7 Å². The number of rotatable bonds is 2. The van der Waals surface area contributed by atoms with Crippen LogP contribution in [0.5, 0.6) is 0 Å². The molecular weight excluding hydrogens is 274 g/mol.